The van der Waals surface area contributed by atoms with Gasteiger partial charge in [-0.3, -0.25) is 9.69 Å². The number of rotatable bonds is 6. The Kier molecular flexibility index (Phi) is 10.3. The predicted molar refractivity (Wildman–Crippen MR) is 110 cm³/mol. The molecule has 2 unspecified atom stereocenters. The van der Waals surface area contributed by atoms with Gasteiger partial charge in [0.25, 0.3) is 0 Å². The number of nitrogens with one attached hydrogen (secondary N) is 2. The van der Waals surface area contributed by atoms with Gasteiger partial charge < -0.3 is 15.4 Å². The molecule has 2 saturated heterocycles. The van der Waals surface area contributed by atoms with Gasteiger partial charge in [0.15, 0.2) is 0 Å². The lowest BCUT2D eigenvalue weighted by molar-refractivity contribution is -0.123. The molecular formula is C19H31Cl2N3O2. The minimum absolute atomic E-state index is 0. The van der Waals surface area contributed by atoms with Gasteiger partial charge in [-0.05, 0) is 51.4 Å². The van der Waals surface area contributed by atoms with Gasteiger partial charge in [0.05, 0.1) is 19.2 Å². The van der Waals surface area contributed by atoms with E-state index in [1.807, 2.05) is 18.2 Å². The molecule has 2 heterocycles. The van der Waals surface area contributed by atoms with Crippen molar-refractivity contribution in [3.05, 3.63) is 29.8 Å². The lowest BCUT2D eigenvalue weighted by Crippen LogP contribution is -2.48. The zero-order valence-corrected chi connectivity index (χ0v) is 17.0. The molecule has 0 spiro atoms. The lowest BCUT2D eigenvalue weighted by Gasteiger charge is -2.30. The van der Waals surface area contributed by atoms with Crippen LogP contribution in [0.15, 0.2) is 24.3 Å². The van der Waals surface area contributed by atoms with Crippen LogP contribution in [0, 0.1) is 0 Å². The van der Waals surface area contributed by atoms with Crippen LogP contribution in [0.1, 0.15) is 43.7 Å². The van der Waals surface area contributed by atoms with E-state index in [-0.39, 0.29) is 42.8 Å². The minimum atomic E-state index is -0.0318. The monoisotopic (exact) mass is 403 g/mol. The standard InChI is InChI=1S/C19H29N3O2.2ClH/c1-24-18-10-3-2-8-15(18)17(22-12-6-7-13-22)14-21-19(23)16-9-4-5-11-20-16;;/h2-3,8,10,16-17,20H,4-7,9,11-14H2,1H3,(H,21,23);2*1H. The third kappa shape index (κ3) is 5.74. The van der Waals surface area contributed by atoms with Crippen molar-refractivity contribution < 1.29 is 9.53 Å². The molecule has 0 saturated carbocycles. The van der Waals surface area contributed by atoms with Crippen LogP contribution in [0.25, 0.3) is 0 Å². The molecule has 0 aliphatic carbocycles. The summed E-state index contributed by atoms with van der Waals surface area (Å²) in [5.74, 6) is 1.04. The molecule has 2 fully saturated rings. The Morgan fingerprint density at radius 1 is 1.23 bits per heavy atom. The van der Waals surface area contributed by atoms with Gasteiger partial charge in [-0.1, -0.05) is 24.6 Å². The Bertz CT molecular complexity index is 547. The van der Waals surface area contributed by atoms with Gasteiger partial charge in [0.2, 0.25) is 5.91 Å². The first-order chi connectivity index (χ1) is 11.8. The Morgan fingerprint density at radius 2 is 1.96 bits per heavy atom. The molecule has 2 aliphatic rings. The number of piperidine rings is 1. The van der Waals surface area contributed by atoms with Crippen LogP contribution in [0.2, 0.25) is 0 Å². The molecule has 0 bridgehead atoms. The number of benzene rings is 1. The summed E-state index contributed by atoms with van der Waals surface area (Å²) in [6.07, 6.45) is 5.69. The Morgan fingerprint density at radius 3 is 2.62 bits per heavy atom. The number of para-hydroxylation sites is 1. The van der Waals surface area contributed by atoms with E-state index < -0.39 is 0 Å². The number of amides is 1. The molecule has 26 heavy (non-hydrogen) atoms. The molecule has 148 valence electrons. The van der Waals surface area contributed by atoms with Crippen molar-refractivity contribution in [2.45, 2.75) is 44.2 Å². The Hall–Kier alpha value is -1.01. The van der Waals surface area contributed by atoms with Crippen LogP contribution in [0.5, 0.6) is 5.75 Å². The summed E-state index contributed by atoms with van der Waals surface area (Å²) in [5.41, 5.74) is 1.17. The van der Waals surface area contributed by atoms with Gasteiger partial charge >= 0.3 is 0 Å². The van der Waals surface area contributed by atoms with Crippen LogP contribution in [0.3, 0.4) is 0 Å². The zero-order valence-electron chi connectivity index (χ0n) is 15.4. The summed E-state index contributed by atoms with van der Waals surface area (Å²) in [4.78, 5) is 14.9. The second-order valence-electron chi connectivity index (χ2n) is 6.75. The molecule has 3 rings (SSSR count). The number of halogens is 2. The van der Waals surface area contributed by atoms with Crippen LogP contribution in [-0.4, -0.2) is 50.1 Å². The summed E-state index contributed by atoms with van der Waals surface area (Å²) in [5, 5.41) is 6.50. The van der Waals surface area contributed by atoms with Crippen molar-refractivity contribution in [1.82, 2.24) is 15.5 Å². The first-order valence-electron chi connectivity index (χ1n) is 9.17. The summed E-state index contributed by atoms with van der Waals surface area (Å²) in [6, 6.07) is 8.31. The van der Waals surface area contributed by atoms with Crippen LogP contribution >= 0.6 is 24.8 Å². The molecule has 2 atom stereocenters. The molecule has 1 aromatic rings. The molecule has 7 heteroatoms. The first kappa shape index (κ1) is 23.0. The van der Waals surface area contributed by atoms with Gasteiger partial charge in [-0.2, -0.15) is 0 Å². The van der Waals surface area contributed by atoms with E-state index in [1.165, 1.54) is 24.8 Å². The number of ether oxygens (including phenoxy) is 1. The number of hydrogen-bond donors (Lipinski definition) is 2. The van der Waals surface area contributed by atoms with E-state index in [4.69, 9.17) is 4.74 Å². The maximum Gasteiger partial charge on any atom is 0.237 e. The van der Waals surface area contributed by atoms with E-state index in [9.17, 15) is 4.79 Å². The number of methoxy groups -OCH3 is 1. The molecule has 5 nitrogen and oxygen atoms in total. The fourth-order valence-corrected chi connectivity index (χ4v) is 3.83. The summed E-state index contributed by atoms with van der Waals surface area (Å²) in [7, 11) is 1.71. The van der Waals surface area contributed by atoms with Crippen molar-refractivity contribution in [2.24, 2.45) is 0 Å². The van der Waals surface area contributed by atoms with Crippen molar-refractivity contribution in [1.29, 1.82) is 0 Å². The van der Waals surface area contributed by atoms with Crippen LogP contribution in [0.4, 0.5) is 0 Å². The fourth-order valence-electron chi connectivity index (χ4n) is 3.83. The Labute approximate surface area is 169 Å². The SMILES string of the molecule is COc1ccccc1C(CNC(=O)C1CCCCN1)N1CCCC1.Cl.Cl. The van der Waals surface area contributed by atoms with Crippen molar-refractivity contribution in [2.75, 3.05) is 33.3 Å². The van der Waals surface area contributed by atoms with Gasteiger partial charge in [0.1, 0.15) is 5.75 Å². The van der Waals surface area contributed by atoms with Crippen LogP contribution < -0.4 is 15.4 Å². The quantitative estimate of drug-likeness (QED) is 0.766. The maximum atomic E-state index is 12.5. The molecular weight excluding hydrogens is 373 g/mol. The van der Waals surface area contributed by atoms with E-state index in [0.717, 1.165) is 38.2 Å². The number of carbonyl (C=O) groups is 1. The lowest BCUT2D eigenvalue weighted by atomic mass is 10.0. The van der Waals surface area contributed by atoms with Crippen molar-refractivity contribution in [3.63, 3.8) is 0 Å². The van der Waals surface area contributed by atoms with Crippen LogP contribution in [-0.2, 0) is 4.79 Å². The first-order valence-corrected chi connectivity index (χ1v) is 9.17. The molecule has 2 aliphatic heterocycles. The van der Waals surface area contributed by atoms with Gasteiger partial charge in [-0.15, -0.1) is 24.8 Å². The van der Waals surface area contributed by atoms with Gasteiger partial charge in [-0.25, -0.2) is 0 Å². The largest absolute Gasteiger partial charge is 0.496 e. The van der Waals surface area contributed by atoms with Crippen molar-refractivity contribution in [3.8, 4) is 5.75 Å². The maximum absolute atomic E-state index is 12.5. The van der Waals surface area contributed by atoms with Gasteiger partial charge in [0, 0.05) is 12.1 Å². The zero-order chi connectivity index (χ0) is 16.8. The summed E-state index contributed by atoms with van der Waals surface area (Å²) < 4.78 is 5.56. The number of likely N-dealkylation sites (tertiary alicyclic amines) is 1. The predicted octanol–water partition coefficient (Wildman–Crippen LogP) is 2.93. The van der Waals surface area contributed by atoms with E-state index in [2.05, 4.69) is 21.6 Å². The Balaban J connectivity index is 0.00000169. The van der Waals surface area contributed by atoms with Crippen molar-refractivity contribution >= 4 is 30.7 Å². The molecule has 0 radical (unpaired) electrons. The summed E-state index contributed by atoms with van der Waals surface area (Å²) in [6.45, 7) is 3.75. The molecule has 2 N–H and O–H groups in total. The topological polar surface area (TPSA) is 53.6 Å². The highest BCUT2D eigenvalue weighted by atomic mass is 35.5. The number of hydrogen-bond acceptors (Lipinski definition) is 4. The third-order valence-corrected chi connectivity index (χ3v) is 5.18. The second kappa shape index (κ2) is 11.7. The molecule has 1 amide bonds. The van der Waals surface area contributed by atoms with E-state index >= 15 is 0 Å². The normalized spacial score (nSPS) is 21.2. The summed E-state index contributed by atoms with van der Waals surface area (Å²) >= 11 is 0. The average Bonchev–Trinajstić information content (AvgIpc) is 3.17. The number of carbonyl (C=O) groups excluding carboxylic acids is 1. The third-order valence-electron chi connectivity index (χ3n) is 5.18. The number of nitrogens with zero attached hydrogens (tertiary/aromatic N) is 1. The highest BCUT2D eigenvalue weighted by molar-refractivity contribution is 5.85. The molecule has 0 aromatic heterocycles. The molecule has 1 aromatic carbocycles. The minimum Gasteiger partial charge on any atom is -0.496 e. The average molecular weight is 404 g/mol. The fraction of sp³-hybridized carbons (Fsp3) is 0.632. The second-order valence-corrected chi connectivity index (χ2v) is 6.75. The highest BCUT2D eigenvalue weighted by Gasteiger charge is 2.27. The smallest absolute Gasteiger partial charge is 0.237 e. The van der Waals surface area contributed by atoms with E-state index in [0.29, 0.717) is 6.54 Å². The highest BCUT2D eigenvalue weighted by Crippen LogP contribution is 2.31. The van der Waals surface area contributed by atoms with E-state index in [1.54, 1.807) is 7.11 Å².